The van der Waals surface area contributed by atoms with Crippen molar-refractivity contribution < 1.29 is 33.9 Å². The van der Waals surface area contributed by atoms with Crippen molar-refractivity contribution in [3.8, 4) is 0 Å². The Labute approximate surface area is 74.2 Å². The minimum Gasteiger partial charge on any atom is -0.390 e. The maximum Gasteiger partial charge on any atom is 0.470 e. The zero-order valence-corrected chi connectivity index (χ0v) is 7.72. The van der Waals surface area contributed by atoms with Gasteiger partial charge >= 0.3 is 7.82 Å². The first-order valence-electron chi connectivity index (χ1n) is 3.33. The average molecular weight is 214 g/mol. The van der Waals surface area contributed by atoms with Gasteiger partial charge in [-0.15, -0.1) is 0 Å². The summed E-state index contributed by atoms with van der Waals surface area (Å²) in [5, 5.41) is 17.6. The molecule has 0 aromatic heterocycles. The molecule has 0 saturated heterocycles. The fourth-order valence-corrected chi connectivity index (χ4v) is 0.798. The van der Waals surface area contributed by atoms with E-state index in [1.807, 2.05) is 0 Å². The van der Waals surface area contributed by atoms with Gasteiger partial charge in [-0.05, 0) is 6.92 Å². The molecule has 78 valence electrons. The molecule has 4 N–H and O–H groups in total. The van der Waals surface area contributed by atoms with E-state index in [1.165, 1.54) is 6.92 Å². The first kappa shape index (κ1) is 12.7. The lowest BCUT2D eigenvalue weighted by atomic mass is 10.1. The SMILES string of the molecule is C[C@@H](O)[C@@H](O)C(=O)COP(=O)(O)O. The van der Waals surface area contributed by atoms with Gasteiger partial charge in [-0.25, -0.2) is 4.57 Å². The van der Waals surface area contributed by atoms with Gasteiger partial charge in [-0.2, -0.15) is 0 Å². The molecule has 0 unspecified atom stereocenters. The Morgan fingerprint density at radius 1 is 1.46 bits per heavy atom. The third-order valence-corrected chi connectivity index (χ3v) is 1.63. The molecule has 0 aromatic carbocycles. The van der Waals surface area contributed by atoms with Crippen LogP contribution >= 0.6 is 7.82 Å². The van der Waals surface area contributed by atoms with Crippen LogP contribution in [-0.2, 0) is 13.9 Å². The maximum atomic E-state index is 10.8. The highest BCUT2D eigenvalue weighted by molar-refractivity contribution is 7.46. The number of phosphoric acid groups is 1. The minimum absolute atomic E-state index is 0.934. The standard InChI is InChI=1S/C5H11O7P/c1-3(6)5(8)4(7)2-12-13(9,10)11/h3,5-6,8H,2H2,1H3,(H2,9,10,11)/t3-,5-/m1/s1. The Bertz CT molecular complexity index is 219. The van der Waals surface area contributed by atoms with Crippen molar-refractivity contribution >= 4 is 13.6 Å². The van der Waals surface area contributed by atoms with Crippen molar-refractivity contribution in [2.24, 2.45) is 0 Å². The number of carbonyl (C=O) groups excluding carboxylic acids is 1. The van der Waals surface area contributed by atoms with E-state index in [0.29, 0.717) is 0 Å². The van der Waals surface area contributed by atoms with E-state index in [-0.39, 0.29) is 0 Å². The van der Waals surface area contributed by atoms with Gasteiger partial charge < -0.3 is 20.0 Å². The molecular formula is C5H11O7P. The van der Waals surface area contributed by atoms with Crippen molar-refractivity contribution in [2.75, 3.05) is 6.61 Å². The molecule has 8 heteroatoms. The van der Waals surface area contributed by atoms with Crippen LogP contribution in [0.2, 0.25) is 0 Å². The highest BCUT2D eigenvalue weighted by atomic mass is 31.2. The zero-order valence-electron chi connectivity index (χ0n) is 6.82. The monoisotopic (exact) mass is 214 g/mol. The number of carbonyl (C=O) groups is 1. The van der Waals surface area contributed by atoms with Crippen LogP contribution in [0.4, 0.5) is 0 Å². The minimum atomic E-state index is -4.70. The first-order valence-corrected chi connectivity index (χ1v) is 4.86. The van der Waals surface area contributed by atoms with Gasteiger partial charge in [0.1, 0.15) is 12.7 Å². The molecule has 0 amide bonds. The van der Waals surface area contributed by atoms with E-state index in [2.05, 4.69) is 4.52 Å². The number of phosphoric ester groups is 1. The second kappa shape index (κ2) is 4.80. The highest BCUT2D eigenvalue weighted by Gasteiger charge is 2.24. The van der Waals surface area contributed by atoms with Gasteiger partial charge in [0.05, 0.1) is 6.10 Å². The van der Waals surface area contributed by atoms with Crippen LogP contribution in [0.1, 0.15) is 6.92 Å². The lowest BCUT2D eigenvalue weighted by Gasteiger charge is -2.12. The van der Waals surface area contributed by atoms with Crippen LogP contribution < -0.4 is 0 Å². The number of hydrogen-bond donors (Lipinski definition) is 4. The molecule has 0 bridgehead atoms. The molecule has 0 aromatic rings. The molecule has 0 aliphatic heterocycles. The Hall–Kier alpha value is -0.300. The summed E-state index contributed by atoms with van der Waals surface area (Å²) in [5.74, 6) is -0.988. The second-order valence-corrected chi connectivity index (χ2v) is 3.66. The van der Waals surface area contributed by atoms with Gasteiger partial charge in [0.2, 0.25) is 0 Å². The maximum absolute atomic E-state index is 10.8. The highest BCUT2D eigenvalue weighted by Crippen LogP contribution is 2.35. The molecule has 0 saturated carbocycles. The molecule has 13 heavy (non-hydrogen) atoms. The Morgan fingerprint density at radius 3 is 2.23 bits per heavy atom. The molecule has 0 aliphatic rings. The van der Waals surface area contributed by atoms with E-state index in [9.17, 15) is 9.36 Å². The number of aliphatic hydroxyl groups excluding tert-OH is 2. The van der Waals surface area contributed by atoms with Crippen LogP contribution in [-0.4, -0.2) is 44.6 Å². The summed E-state index contributed by atoms with van der Waals surface area (Å²) >= 11 is 0. The van der Waals surface area contributed by atoms with E-state index in [0.717, 1.165) is 0 Å². The lowest BCUT2D eigenvalue weighted by Crippen LogP contribution is -2.34. The fourth-order valence-electron chi connectivity index (χ4n) is 0.502. The Kier molecular flexibility index (Phi) is 4.69. The van der Waals surface area contributed by atoms with Crippen LogP contribution in [0.5, 0.6) is 0 Å². The average Bonchev–Trinajstić information content (AvgIpc) is 1.97. The predicted molar refractivity (Wildman–Crippen MR) is 40.7 cm³/mol. The number of hydrogen-bond acceptors (Lipinski definition) is 5. The van der Waals surface area contributed by atoms with E-state index in [4.69, 9.17) is 20.0 Å². The molecule has 0 spiro atoms. The van der Waals surface area contributed by atoms with Gasteiger partial charge in [0.15, 0.2) is 5.78 Å². The molecule has 0 fully saturated rings. The molecule has 0 rings (SSSR count). The number of aliphatic hydroxyl groups is 2. The van der Waals surface area contributed by atoms with Crippen molar-refractivity contribution in [1.82, 2.24) is 0 Å². The molecule has 0 heterocycles. The van der Waals surface area contributed by atoms with Gasteiger partial charge in [-0.3, -0.25) is 9.32 Å². The van der Waals surface area contributed by atoms with Crippen LogP contribution in [0, 0.1) is 0 Å². The van der Waals surface area contributed by atoms with E-state index in [1.54, 1.807) is 0 Å². The van der Waals surface area contributed by atoms with Crippen molar-refractivity contribution in [3.63, 3.8) is 0 Å². The Balaban J connectivity index is 3.96. The quantitative estimate of drug-likeness (QED) is 0.406. The summed E-state index contributed by atoms with van der Waals surface area (Å²) in [6, 6.07) is 0. The predicted octanol–water partition coefficient (Wildman–Crippen LogP) is -1.59. The first-order chi connectivity index (χ1) is 5.74. The largest absolute Gasteiger partial charge is 0.470 e. The Morgan fingerprint density at radius 2 is 1.92 bits per heavy atom. The topological polar surface area (TPSA) is 124 Å². The molecule has 2 atom stereocenters. The normalized spacial score (nSPS) is 16.7. The number of ketones is 1. The van der Waals surface area contributed by atoms with E-state index < -0.39 is 32.4 Å². The van der Waals surface area contributed by atoms with E-state index >= 15 is 0 Å². The summed E-state index contributed by atoms with van der Waals surface area (Å²) in [6.07, 6.45) is -2.99. The van der Waals surface area contributed by atoms with Crippen LogP contribution in [0.3, 0.4) is 0 Å². The number of rotatable bonds is 5. The van der Waals surface area contributed by atoms with Gasteiger partial charge in [-0.1, -0.05) is 0 Å². The van der Waals surface area contributed by atoms with Gasteiger partial charge in [0.25, 0.3) is 0 Å². The third-order valence-electron chi connectivity index (χ3n) is 1.16. The smallest absolute Gasteiger partial charge is 0.390 e. The lowest BCUT2D eigenvalue weighted by molar-refractivity contribution is -0.134. The number of Topliss-reactive ketones (excluding diaryl/α,β-unsaturated/α-hetero) is 1. The summed E-state index contributed by atoms with van der Waals surface area (Å²) in [5.41, 5.74) is 0. The molecule has 0 aliphatic carbocycles. The summed E-state index contributed by atoms with van der Waals surface area (Å²) < 4.78 is 13.9. The molecule has 7 nitrogen and oxygen atoms in total. The second-order valence-electron chi connectivity index (χ2n) is 2.42. The van der Waals surface area contributed by atoms with Crippen LogP contribution in [0.15, 0.2) is 0 Å². The zero-order chi connectivity index (χ0) is 10.6. The molecule has 0 radical (unpaired) electrons. The third kappa shape index (κ3) is 5.87. The van der Waals surface area contributed by atoms with Crippen molar-refractivity contribution in [3.05, 3.63) is 0 Å². The summed E-state index contributed by atoms with van der Waals surface area (Å²) in [4.78, 5) is 27.1. The molecular weight excluding hydrogens is 203 g/mol. The fraction of sp³-hybridized carbons (Fsp3) is 0.800. The van der Waals surface area contributed by atoms with Crippen molar-refractivity contribution in [1.29, 1.82) is 0 Å². The van der Waals surface area contributed by atoms with Crippen molar-refractivity contribution in [2.45, 2.75) is 19.1 Å². The summed E-state index contributed by atoms with van der Waals surface area (Å²) in [6.45, 7) is 0.233. The van der Waals surface area contributed by atoms with Gasteiger partial charge in [0, 0.05) is 0 Å². The van der Waals surface area contributed by atoms with Crippen LogP contribution in [0.25, 0.3) is 0 Å². The summed E-state index contributed by atoms with van der Waals surface area (Å²) in [7, 11) is -4.70.